The van der Waals surface area contributed by atoms with Gasteiger partial charge in [0.25, 0.3) is 0 Å². The molecule has 96 valence electrons. The molecule has 0 aliphatic rings. The van der Waals surface area contributed by atoms with Gasteiger partial charge in [-0.3, -0.25) is 5.41 Å². The molecule has 0 fully saturated rings. The Kier molecular flexibility index (Phi) is 6.57. The normalized spacial score (nSPS) is 11.9. The van der Waals surface area contributed by atoms with E-state index in [2.05, 4.69) is 16.9 Å². The fourth-order valence-corrected chi connectivity index (χ4v) is 1.51. The van der Waals surface area contributed by atoms with Crippen LogP contribution < -0.4 is 5.32 Å². The zero-order valence-corrected chi connectivity index (χ0v) is 11.5. The van der Waals surface area contributed by atoms with Crippen LogP contribution in [0.25, 0.3) is 0 Å². The van der Waals surface area contributed by atoms with Gasteiger partial charge in [-0.15, -0.1) is 0 Å². The van der Waals surface area contributed by atoms with Gasteiger partial charge >= 0.3 is 6.09 Å². The summed E-state index contributed by atoms with van der Waals surface area (Å²) in [5.41, 5.74) is -0.504. The summed E-state index contributed by atoms with van der Waals surface area (Å²) in [7, 11) is 0. The monoisotopic (exact) mass is 257 g/mol. The number of amides is 1. The van der Waals surface area contributed by atoms with Crippen molar-refractivity contribution in [2.24, 2.45) is 4.99 Å². The maximum atomic E-state index is 11.3. The maximum Gasteiger partial charge on any atom is 0.407 e. The molecule has 17 heavy (non-hydrogen) atoms. The third-order valence-corrected chi connectivity index (χ3v) is 2.20. The smallest absolute Gasteiger partial charge is 0.407 e. The number of ether oxygens (including phenoxy) is 1. The molecular formula is C11H19N3O2S. The number of alkyl carbamates (subject to hydrolysis) is 1. The van der Waals surface area contributed by atoms with Crippen LogP contribution >= 0.6 is 11.8 Å². The first kappa shape index (κ1) is 15.7. The molecular weight excluding hydrogens is 238 g/mol. The quantitative estimate of drug-likeness (QED) is 0.600. The summed E-state index contributed by atoms with van der Waals surface area (Å²) in [6, 6.07) is 0. The molecule has 2 N–H and O–H groups in total. The van der Waals surface area contributed by atoms with Crippen molar-refractivity contribution in [1.82, 2.24) is 5.32 Å². The second-order valence-corrected chi connectivity index (χ2v) is 5.65. The molecule has 0 bridgehead atoms. The first-order valence-electron chi connectivity index (χ1n) is 5.10. The van der Waals surface area contributed by atoms with E-state index in [-0.39, 0.29) is 0 Å². The van der Waals surface area contributed by atoms with Crippen molar-refractivity contribution >= 4 is 29.2 Å². The molecule has 0 aromatic heterocycles. The second-order valence-electron chi connectivity index (χ2n) is 4.27. The lowest BCUT2D eigenvalue weighted by molar-refractivity contribution is 0.0533. The van der Waals surface area contributed by atoms with E-state index in [1.807, 2.05) is 0 Å². The highest BCUT2D eigenvalue weighted by Gasteiger charge is 2.15. The molecule has 0 atom stereocenters. The SMILES string of the molecule is C=C(CNC(=O)OC(C)(C)C)S/C(C)=N/C=N. The van der Waals surface area contributed by atoms with Gasteiger partial charge in [0.2, 0.25) is 0 Å². The summed E-state index contributed by atoms with van der Waals surface area (Å²) in [4.78, 5) is 15.8. The van der Waals surface area contributed by atoms with Crippen molar-refractivity contribution in [3.05, 3.63) is 11.5 Å². The molecule has 0 aromatic carbocycles. The summed E-state index contributed by atoms with van der Waals surface area (Å²) in [6.45, 7) is 11.3. The third kappa shape index (κ3) is 9.62. The van der Waals surface area contributed by atoms with Gasteiger partial charge in [-0.1, -0.05) is 18.3 Å². The number of thioether (sulfide) groups is 1. The molecule has 0 aliphatic heterocycles. The Morgan fingerprint density at radius 3 is 2.65 bits per heavy atom. The Hall–Kier alpha value is -1.30. The zero-order chi connectivity index (χ0) is 13.5. The summed E-state index contributed by atoms with van der Waals surface area (Å²) in [5.74, 6) is 0. The highest BCUT2D eigenvalue weighted by molar-refractivity contribution is 8.17. The zero-order valence-electron chi connectivity index (χ0n) is 10.7. The summed E-state index contributed by atoms with van der Waals surface area (Å²) in [5, 5.41) is 10.1. The van der Waals surface area contributed by atoms with Crippen LogP contribution in [-0.2, 0) is 4.74 Å². The standard InChI is InChI=1S/C11H19N3O2S/c1-8(17-9(2)14-7-12)6-13-10(15)16-11(3,4)5/h7,12H,1,6H2,2-5H3,(H,13,15)/b12-7?,14-9+. The van der Waals surface area contributed by atoms with Crippen LogP contribution in [0.4, 0.5) is 4.79 Å². The van der Waals surface area contributed by atoms with Crippen LogP contribution in [0, 0.1) is 5.41 Å². The van der Waals surface area contributed by atoms with Crippen LogP contribution in [0.2, 0.25) is 0 Å². The number of aliphatic imine (C=N–C) groups is 1. The number of nitrogens with one attached hydrogen (secondary N) is 2. The lowest BCUT2D eigenvalue weighted by atomic mass is 10.2. The van der Waals surface area contributed by atoms with Crippen molar-refractivity contribution in [2.45, 2.75) is 33.3 Å². The minimum Gasteiger partial charge on any atom is -0.444 e. The minimum absolute atomic E-state index is 0.310. The summed E-state index contributed by atoms with van der Waals surface area (Å²) < 4.78 is 5.07. The predicted molar refractivity (Wildman–Crippen MR) is 72.9 cm³/mol. The Morgan fingerprint density at radius 1 is 1.59 bits per heavy atom. The van der Waals surface area contributed by atoms with Gasteiger partial charge in [-0.25, -0.2) is 9.79 Å². The van der Waals surface area contributed by atoms with Crippen LogP contribution in [0.5, 0.6) is 0 Å². The van der Waals surface area contributed by atoms with E-state index in [9.17, 15) is 4.79 Å². The van der Waals surface area contributed by atoms with Crippen molar-refractivity contribution in [3.8, 4) is 0 Å². The molecule has 0 heterocycles. The fraction of sp³-hybridized carbons (Fsp3) is 0.545. The van der Waals surface area contributed by atoms with Crippen molar-refractivity contribution in [1.29, 1.82) is 5.41 Å². The summed E-state index contributed by atoms with van der Waals surface area (Å²) >= 11 is 1.32. The number of carbonyl (C=O) groups excluding carboxylic acids is 1. The molecule has 0 saturated carbocycles. The molecule has 1 amide bonds. The number of hydrogen-bond donors (Lipinski definition) is 2. The number of nitrogens with zero attached hydrogens (tertiary/aromatic N) is 1. The molecule has 5 nitrogen and oxygen atoms in total. The molecule has 6 heteroatoms. The third-order valence-electron chi connectivity index (χ3n) is 1.37. The largest absolute Gasteiger partial charge is 0.444 e. The molecule has 0 aliphatic carbocycles. The highest BCUT2D eigenvalue weighted by atomic mass is 32.2. The van der Waals surface area contributed by atoms with Gasteiger partial charge in [-0.05, 0) is 27.7 Å². The van der Waals surface area contributed by atoms with Gasteiger partial charge in [0.15, 0.2) is 0 Å². The van der Waals surface area contributed by atoms with Gasteiger partial charge < -0.3 is 10.1 Å². The van der Waals surface area contributed by atoms with Crippen molar-refractivity contribution in [3.63, 3.8) is 0 Å². The Labute approximate surface area is 106 Å². The van der Waals surface area contributed by atoms with Crippen molar-refractivity contribution < 1.29 is 9.53 Å². The molecule has 0 rings (SSSR count). The maximum absolute atomic E-state index is 11.3. The fourth-order valence-electron chi connectivity index (χ4n) is 0.847. The van der Waals surface area contributed by atoms with Gasteiger partial charge in [-0.2, -0.15) is 0 Å². The first-order valence-corrected chi connectivity index (χ1v) is 5.92. The summed E-state index contributed by atoms with van der Waals surface area (Å²) in [6.07, 6.45) is 0.498. The number of rotatable bonds is 4. The number of hydrogen-bond acceptors (Lipinski definition) is 4. The minimum atomic E-state index is -0.504. The van der Waals surface area contributed by atoms with E-state index in [1.165, 1.54) is 11.8 Å². The van der Waals surface area contributed by atoms with Crippen LogP contribution in [0.3, 0.4) is 0 Å². The van der Waals surface area contributed by atoms with E-state index in [0.29, 0.717) is 11.6 Å². The van der Waals surface area contributed by atoms with E-state index in [1.54, 1.807) is 27.7 Å². The molecule has 0 radical (unpaired) electrons. The van der Waals surface area contributed by atoms with Gasteiger partial charge in [0.1, 0.15) is 11.9 Å². The van der Waals surface area contributed by atoms with E-state index in [0.717, 1.165) is 11.2 Å². The highest BCUT2D eigenvalue weighted by Crippen LogP contribution is 2.14. The van der Waals surface area contributed by atoms with E-state index < -0.39 is 11.7 Å². The van der Waals surface area contributed by atoms with Crippen LogP contribution in [-0.4, -0.2) is 29.6 Å². The Balaban J connectivity index is 3.97. The number of carbonyl (C=O) groups is 1. The second kappa shape index (κ2) is 7.11. The molecule has 0 spiro atoms. The van der Waals surface area contributed by atoms with Crippen molar-refractivity contribution in [2.75, 3.05) is 6.54 Å². The Morgan fingerprint density at radius 2 is 2.18 bits per heavy atom. The first-order chi connectivity index (χ1) is 7.74. The van der Waals surface area contributed by atoms with Gasteiger partial charge in [0.05, 0.1) is 11.6 Å². The topological polar surface area (TPSA) is 74.5 Å². The Bertz CT molecular complexity index is 332. The lowest BCUT2D eigenvalue weighted by Gasteiger charge is -2.19. The van der Waals surface area contributed by atoms with E-state index >= 15 is 0 Å². The van der Waals surface area contributed by atoms with E-state index in [4.69, 9.17) is 10.1 Å². The van der Waals surface area contributed by atoms with Gasteiger partial charge in [0, 0.05) is 4.91 Å². The molecule has 0 aromatic rings. The molecule has 0 saturated heterocycles. The van der Waals surface area contributed by atoms with Crippen LogP contribution in [0.15, 0.2) is 16.5 Å². The molecule has 0 unspecified atom stereocenters. The average molecular weight is 257 g/mol. The predicted octanol–water partition coefficient (Wildman–Crippen LogP) is 2.78. The van der Waals surface area contributed by atoms with Crippen LogP contribution in [0.1, 0.15) is 27.7 Å². The lowest BCUT2D eigenvalue weighted by Crippen LogP contribution is -2.33. The average Bonchev–Trinajstić information content (AvgIpc) is 2.12.